The normalized spacial score (nSPS) is 26.9. The fourth-order valence-electron chi connectivity index (χ4n) is 4.35. The van der Waals surface area contributed by atoms with Gasteiger partial charge in [0.2, 0.25) is 5.91 Å². The lowest BCUT2D eigenvalue weighted by molar-refractivity contribution is -0.124. The molecule has 5 heteroatoms. The minimum atomic E-state index is -0.268. The molecular formula is C21H34N2O2S. The van der Waals surface area contributed by atoms with Crippen LogP contribution in [-0.2, 0) is 9.59 Å². The summed E-state index contributed by atoms with van der Waals surface area (Å²) in [7, 11) is 0. The molecule has 1 amide bonds. The molecule has 146 valence electrons. The van der Waals surface area contributed by atoms with Crippen LogP contribution in [0, 0.1) is 17.8 Å². The Morgan fingerprint density at radius 2 is 1.96 bits per heavy atom. The third-order valence-corrected chi connectivity index (χ3v) is 7.10. The number of amides is 1. The summed E-state index contributed by atoms with van der Waals surface area (Å²) < 4.78 is 0. The molecule has 1 heterocycles. The van der Waals surface area contributed by atoms with Crippen molar-refractivity contribution in [2.45, 2.75) is 89.2 Å². The Morgan fingerprint density at radius 1 is 1.19 bits per heavy atom. The van der Waals surface area contributed by atoms with E-state index in [0.29, 0.717) is 24.7 Å². The summed E-state index contributed by atoms with van der Waals surface area (Å²) in [6.45, 7) is 3.02. The zero-order valence-corrected chi connectivity index (χ0v) is 17.0. The molecule has 3 fully saturated rings. The molecule has 2 saturated carbocycles. The molecule has 2 atom stereocenters. The first-order valence-corrected chi connectivity index (χ1v) is 11.6. The van der Waals surface area contributed by atoms with Crippen LogP contribution in [0.25, 0.3) is 0 Å². The Kier molecular flexibility index (Phi) is 7.59. The summed E-state index contributed by atoms with van der Waals surface area (Å²) in [4.78, 5) is 29.3. The number of amidine groups is 1. The average molecular weight is 379 g/mol. The molecule has 0 aromatic heterocycles. The van der Waals surface area contributed by atoms with E-state index in [4.69, 9.17) is 0 Å². The first-order chi connectivity index (χ1) is 12.6. The summed E-state index contributed by atoms with van der Waals surface area (Å²) in [5.41, 5.74) is 0. The number of nitrogens with one attached hydrogen (secondary N) is 1. The van der Waals surface area contributed by atoms with Crippen molar-refractivity contribution >= 4 is 28.6 Å². The monoisotopic (exact) mass is 378 g/mol. The van der Waals surface area contributed by atoms with Crippen molar-refractivity contribution in [3.05, 3.63) is 0 Å². The fourth-order valence-corrected chi connectivity index (χ4v) is 5.36. The molecule has 0 bridgehead atoms. The van der Waals surface area contributed by atoms with Crippen LogP contribution in [0.4, 0.5) is 0 Å². The molecule has 26 heavy (non-hydrogen) atoms. The Hall–Kier alpha value is -0.840. The van der Waals surface area contributed by atoms with Gasteiger partial charge in [-0.25, -0.2) is 0 Å². The van der Waals surface area contributed by atoms with Crippen molar-refractivity contribution in [1.29, 1.82) is 0 Å². The molecule has 2 unspecified atom stereocenters. The van der Waals surface area contributed by atoms with Crippen molar-refractivity contribution in [3.63, 3.8) is 0 Å². The van der Waals surface area contributed by atoms with Gasteiger partial charge in [-0.15, -0.1) is 0 Å². The molecular weight excluding hydrogens is 344 g/mol. The zero-order chi connectivity index (χ0) is 18.4. The minimum Gasteiger partial charge on any atom is -0.304 e. The van der Waals surface area contributed by atoms with Crippen LogP contribution in [0.15, 0.2) is 4.99 Å². The van der Waals surface area contributed by atoms with Crippen LogP contribution in [0.3, 0.4) is 0 Å². The number of carbonyl (C=O) groups excluding carboxylic acids is 2. The van der Waals surface area contributed by atoms with Crippen molar-refractivity contribution < 1.29 is 9.59 Å². The molecule has 1 saturated heterocycles. The van der Waals surface area contributed by atoms with E-state index in [9.17, 15) is 9.59 Å². The van der Waals surface area contributed by atoms with Crippen molar-refractivity contribution in [2.75, 3.05) is 6.54 Å². The zero-order valence-electron chi connectivity index (χ0n) is 16.2. The van der Waals surface area contributed by atoms with Gasteiger partial charge in [0.15, 0.2) is 5.17 Å². The third kappa shape index (κ3) is 6.40. The van der Waals surface area contributed by atoms with Gasteiger partial charge < -0.3 is 5.32 Å². The van der Waals surface area contributed by atoms with Gasteiger partial charge in [-0.2, -0.15) is 0 Å². The third-order valence-electron chi connectivity index (χ3n) is 5.98. The lowest BCUT2D eigenvalue weighted by atomic mass is 9.89. The van der Waals surface area contributed by atoms with Crippen LogP contribution in [-0.4, -0.2) is 28.7 Å². The summed E-state index contributed by atoms with van der Waals surface area (Å²) in [6, 6.07) is 0. The molecule has 1 N–H and O–H groups in total. The lowest BCUT2D eigenvalue weighted by Gasteiger charge is -2.19. The first kappa shape index (κ1) is 19.9. The van der Waals surface area contributed by atoms with E-state index in [1.165, 1.54) is 63.1 Å². The molecule has 4 nitrogen and oxygen atoms in total. The van der Waals surface area contributed by atoms with Crippen molar-refractivity contribution in [3.8, 4) is 0 Å². The van der Waals surface area contributed by atoms with Crippen LogP contribution < -0.4 is 5.32 Å². The van der Waals surface area contributed by atoms with Crippen molar-refractivity contribution in [2.24, 2.45) is 22.7 Å². The van der Waals surface area contributed by atoms with Gasteiger partial charge in [-0.3, -0.25) is 14.6 Å². The first-order valence-electron chi connectivity index (χ1n) is 10.7. The highest BCUT2D eigenvalue weighted by Gasteiger charge is 2.33. The predicted octanol–water partition coefficient (Wildman–Crippen LogP) is 4.72. The van der Waals surface area contributed by atoms with Gasteiger partial charge in [0.25, 0.3) is 0 Å². The van der Waals surface area contributed by atoms with Crippen LogP contribution in [0.5, 0.6) is 0 Å². The van der Waals surface area contributed by atoms with E-state index >= 15 is 0 Å². The molecule has 0 aromatic carbocycles. The number of thioether (sulfide) groups is 1. The largest absolute Gasteiger partial charge is 0.304 e. The molecule has 0 radical (unpaired) electrons. The number of nitrogens with zero attached hydrogens (tertiary/aromatic N) is 1. The standard InChI is InChI=1S/C21H34N2O2S/c1-2-6-17(11-15-9-10-15)12-18(24)13-19-20(25)23-21(26-19)22-14-16-7-4-3-5-8-16/h15-17,19H,2-14H2,1H3,(H,22,23,25). The van der Waals surface area contributed by atoms with E-state index in [2.05, 4.69) is 17.2 Å². The van der Waals surface area contributed by atoms with Crippen molar-refractivity contribution in [1.82, 2.24) is 5.32 Å². The summed E-state index contributed by atoms with van der Waals surface area (Å²) in [5.74, 6) is 2.29. The number of Topliss-reactive ketones (excluding diaryl/α,β-unsaturated/α-hetero) is 1. The smallest absolute Gasteiger partial charge is 0.239 e. The Bertz CT molecular complexity index is 524. The van der Waals surface area contributed by atoms with Gasteiger partial charge in [0.1, 0.15) is 5.78 Å². The SMILES string of the molecule is CCCC(CC(=O)CC1SC(=NCC2CCCCC2)NC1=O)CC1CC1. The molecule has 3 aliphatic rings. The quantitative estimate of drug-likeness (QED) is 0.598. The van der Waals surface area contributed by atoms with Gasteiger partial charge in [-0.05, 0) is 37.0 Å². The molecule has 1 aliphatic heterocycles. The molecule has 0 aromatic rings. The summed E-state index contributed by atoms with van der Waals surface area (Å²) in [6.07, 6.45) is 13.7. The van der Waals surface area contributed by atoms with E-state index in [1.807, 2.05) is 0 Å². The van der Waals surface area contributed by atoms with Gasteiger partial charge in [0, 0.05) is 19.4 Å². The van der Waals surface area contributed by atoms with E-state index in [0.717, 1.165) is 30.5 Å². The number of aliphatic imine (C=N–C) groups is 1. The number of carbonyl (C=O) groups is 2. The highest BCUT2D eigenvalue weighted by atomic mass is 32.2. The topological polar surface area (TPSA) is 58.5 Å². The van der Waals surface area contributed by atoms with Gasteiger partial charge in [-0.1, -0.05) is 63.6 Å². The van der Waals surface area contributed by atoms with Crippen LogP contribution in [0.2, 0.25) is 0 Å². The number of rotatable bonds is 10. The highest BCUT2D eigenvalue weighted by Crippen LogP contribution is 2.38. The second-order valence-electron chi connectivity index (χ2n) is 8.53. The predicted molar refractivity (Wildman–Crippen MR) is 108 cm³/mol. The number of hydrogen-bond donors (Lipinski definition) is 1. The van der Waals surface area contributed by atoms with E-state index < -0.39 is 0 Å². The fraction of sp³-hybridized carbons (Fsp3) is 0.857. The maximum atomic E-state index is 12.5. The molecule has 2 aliphatic carbocycles. The minimum absolute atomic E-state index is 0.0278. The Balaban J connectivity index is 1.43. The van der Waals surface area contributed by atoms with Crippen LogP contribution >= 0.6 is 11.8 Å². The summed E-state index contributed by atoms with van der Waals surface area (Å²) >= 11 is 1.47. The Labute approximate surface area is 162 Å². The second-order valence-corrected chi connectivity index (χ2v) is 9.72. The highest BCUT2D eigenvalue weighted by molar-refractivity contribution is 8.15. The number of hydrogen-bond acceptors (Lipinski definition) is 4. The number of ketones is 1. The van der Waals surface area contributed by atoms with Gasteiger partial charge >= 0.3 is 0 Å². The van der Waals surface area contributed by atoms with Gasteiger partial charge in [0.05, 0.1) is 5.25 Å². The molecule has 0 spiro atoms. The summed E-state index contributed by atoms with van der Waals surface area (Å²) in [5, 5.41) is 3.36. The maximum Gasteiger partial charge on any atom is 0.239 e. The molecule has 3 rings (SSSR count). The van der Waals surface area contributed by atoms with E-state index in [1.54, 1.807) is 0 Å². The van der Waals surface area contributed by atoms with E-state index in [-0.39, 0.29) is 16.9 Å². The lowest BCUT2D eigenvalue weighted by Crippen LogP contribution is -2.27. The second kappa shape index (κ2) is 9.91. The van der Waals surface area contributed by atoms with Crippen LogP contribution in [0.1, 0.15) is 84.0 Å². The average Bonchev–Trinajstić information content (AvgIpc) is 3.37. The Morgan fingerprint density at radius 3 is 2.65 bits per heavy atom. The maximum absolute atomic E-state index is 12.5.